The van der Waals surface area contributed by atoms with Crippen LogP contribution in [0.1, 0.15) is 12.8 Å². The topological polar surface area (TPSA) is 45.2 Å². The molecule has 1 saturated carbocycles. The van der Waals surface area contributed by atoms with Crippen LogP contribution in [0.5, 0.6) is 0 Å². The normalized spacial score (nSPS) is 14.6. The molecule has 1 aliphatic carbocycles. The summed E-state index contributed by atoms with van der Waals surface area (Å²) in [6.45, 7) is 0.352. The standard InChI is InChI=1S/C11H14BrN3O/c1-15(7-11(16)14-9-3-4-9)10-5-2-8(12)6-13-10/h2,5-6,9H,3-4,7H2,1H3,(H,14,16). The first-order valence-corrected chi connectivity index (χ1v) is 6.06. The van der Waals surface area contributed by atoms with Gasteiger partial charge in [0.15, 0.2) is 0 Å². The van der Waals surface area contributed by atoms with Crippen LogP contribution in [-0.4, -0.2) is 30.5 Å². The first-order valence-electron chi connectivity index (χ1n) is 5.27. The van der Waals surface area contributed by atoms with E-state index in [0.717, 1.165) is 23.1 Å². The zero-order valence-corrected chi connectivity index (χ0v) is 10.7. The molecule has 0 radical (unpaired) electrons. The maximum atomic E-state index is 11.6. The van der Waals surface area contributed by atoms with Crippen molar-refractivity contribution < 1.29 is 4.79 Å². The molecule has 1 aromatic heterocycles. The Labute approximate surface area is 103 Å². The molecule has 4 nitrogen and oxygen atoms in total. The summed E-state index contributed by atoms with van der Waals surface area (Å²) < 4.78 is 0.937. The molecule has 86 valence electrons. The van der Waals surface area contributed by atoms with Crippen LogP contribution in [0, 0.1) is 0 Å². The van der Waals surface area contributed by atoms with Crippen LogP contribution in [-0.2, 0) is 4.79 Å². The molecule has 0 unspecified atom stereocenters. The number of rotatable bonds is 4. The summed E-state index contributed by atoms with van der Waals surface area (Å²) in [5, 5.41) is 2.95. The average Bonchev–Trinajstić information content (AvgIpc) is 3.02. The molecular formula is C11H14BrN3O. The van der Waals surface area contributed by atoms with Gasteiger partial charge in [-0.2, -0.15) is 0 Å². The van der Waals surface area contributed by atoms with E-state index >= 15 is 0 Å². The van der Waals surface area contributed by atoms with Gasteiger partial charge in [0, 0.05) is 23.8 Å². The molecule has 1 aromatic rings. The Morgan fingerprint density at radius 2 is 2.38 bits per heavy atom. The summed E-state index contributed by atoms with van der Waals surface area (Å²) in [5.74, 6) is 0.865. The van der Waals surface area contributed by atoms with Crippen molar-refractivity contribution >= 4 is 27.7 Å². The molecule has 0 spiro atoms. The third-order valence-electron chi connectivity index (χ3n) is 2.43. The number of likely N-dealkylation sites (N-methyl/N-ethyl adjacent to an activating group) is 1. The van der Waals surface area contributed by atoms with Crippen molar-refractivity contribution in [2.24, 2.45) is 0 Å². The smallest absolute Gasteiger partial charge is 0.239 e. The number of carbonyl (C=O) groups excluding carboxylic acids is 1. The number of nitrogens with zero attached hydrogens (tertiary/aromatic N) is 2. The maximum absolute atomic E-state index is 11.6. The quantitative estimate of drug-likeness (QED) is 0.912. The Balaban J connectivity index is 1.88. The minimum atomic E-state index is 0.0646. The lowest BCUT2D eigenvalue weighted by molar-refractivity contribution is -0.119. The van der Waals surface area contributed by atoms with Crippen LogP contribution in [0.15, 0.2) is 22.8 Å². The number of aromatic nitrogens is 1. The van der Waals surface area contributed by atoms with E-state index in [2.05, 4.69) is 26.2 Å². The lowest BCUT2D eigenvalue weighted by Crippen LogP contribution is -2.36. The second-order valence-corrected chi connectivity index (χ2v) is 4.95. The van der Waals surface area contributed by atoms with E-state index in [1.54, 1.807) is 6.20 Å². The SMILES string of the molecule is CN(CC(=O)NC1CC1)c1ccc(Br)cn1. The van der Waals surface area contributed by atoms with Gasteiger partial charge in [0.05, 0.1) is 6.54 Å². The number of amides is 1. The van der Waals surface area contributed by atoms with E-state index < -0.39 is 0 Å². The van der Waals surface area contributed by atoms with Gasteiger partial charge in [0.25, 0.3) is 0 Å². The first-order chi connectivity index (χ1) is 7.65. The number of hydrogen-bond acceptors (Lipinski definition) is 3. The maximum Gasteiger partial charge on any atom is 0.239 e. The van der Waals surface area contributed by atoms with Crippen molar-refractivity contribution in [3.63, 3.8) is 0 Å². The second kappa shape index (κ2) is 4.82. The van der Waals surface area contributed by atoms with Gasteiger partial charge in [-0.25, -0.2) is 4.98 Å². The number of carbonyl (C=O) groups is 1. The molecule has 1 fully saturated rings. The number of anilines is 1. The Morgan fingerprint density at radius 1 is 1.62 bits per heavy atom. The lowest BCUT2D eigenvalue weighted by atomic mass is 10.4. The van der Waals surface area contributed by atoms with Crippen LogP contribution < -0.4 is 10.2 Å². The highest BCUT2D eigenvalue weighted by molar-refractivity contribution is 9.10. The summed E-state index contributed by atoms with van der Waals surface area (Å²) >= 11 is 3.33. The number of halogens is 1. The highest BCUT2D eigenvalue weighted by Crippen LogP contribution is 2.18. The number of hydrogen-bond donors (Lipinski definition) is 1. The van der Waals surface area contributed by atoms with Crippen molar-refractivity contribution in [3.8, 4) is 0 Å². The first kappa shape index (κ1) is 11.4. The summed E-state index contributed by atoms with van der Waals surface area (Å²) in [6.07, 6.45) is 3.96. The van der Waals surface area contributed by atoms with Crippen molar-refractivity contribution in [2.45, 2.75) is 18.9 Å². The fourth-order valence-electron chi connectivity index (χ4n) is 1.39. The van der Waals surface area contributed by atoms with E-state index in [9.17, 15) is 4.79 Å². The molecule has 1 amide bonds. The molecule has 2 rings (SSSR count). The molecule has 0 aromatic carbocycles. The Hall–Kier alpha value is -1.10. The Bertz CT molecular complexity index is 375. The summed E-state index contributed by atoms with van der Waals surface area (Å²) in [5.41, 5.74) is 0. The van der Waals surface area contributed by atoms with E-state index in [0.29, 0.717) is 12.6 Å². The van der Waals surface area contributed by atoms with Crippen molar-refractivity contribution in [3.05, 3.63) is 22.8 Å². The van der Waals surface area contributed by atoms with Gasteiger partial charge in [0.1, 0.15) is 5.82 Å². The predicted octanol–water partition coefficient (Wildman–Crippen LogP) is 1.56. The molecule has 0 aliphatic heterocycles. The van der Waals surface area contributed by atoms with Crippen molar-refractivity contribution in [2.75, 3.05) is 18.5 Å². The van der Waals surface area contributed by atoms with Gasteiger partial charge in [-0.05, 0) is 40.9 Å². The molecule has 1 aliphatic rings. The average molecular weight is 284 g/mol. The second-order valence-electron chi connectivity index (χ2n) is 4.03. The van der Waals surface area contributed by atoms with E-state index in [4.69, 9.17) is 0 Å². The molecule has 5 heteroatoms. The van der Waals surface area contributed by atoms with Gasteiger partial charge in [-0.1, -0.05) is 0 Å². The Kier molecular flexibility index (Phi) is 3.43. The summed E-state index contributed by atoms with van der Waals surface area (Å²) in [4.78, 5) is 17.6. The van der Waals surface area contributed by atoms with Crippen molar-refractivity contribution in [1.82, 2.24) is 10.3 Å². The molecule has 0 bridgehead atoms. The monoisotopic (exact) mass is 283 g/mol. The van der Waals surface area contributed by atoms with Gasteiger partial charge in [0.2, 0.25) is 5.91 Å². The highest BCUT2D eigenvalue weighted by atomic mass is 79.9. The van der Waals surface area contributed by atoms with Crippen molar-refractivity contribution in [1.29, 1.82) is 0 Å². The summed E-state index contributed by atoms with van der Waals surface area (Å²) in [6, 6.07) is 4.21. The summed E-state index contributed by atoms with van der Waals surface area (Å²) in [7, 11) is 1.86. The van der Waals surface area contributed by atoms with E-state index in [1.807, 2.05) is 24.1 Å². The van der Waals surface area contributed by atoms with Crippen LogP contribution in [0.4, 0.5) is 5.82 Å². The number of nitrogens with one attached hydrogen (secondary N) is 1. The third kappa shape index (κ3) is 3.20. The minimum absolute atomic E-state index is 0.0646. The zero-order chi connectivity index (χ0) is 11.5. The number of pyridine rings is 1. The molecule has 0 atom stereocenters. The van der Waals surface area contributed by atoms with E-state index in [-0.39, 0.29) is 5.91 Å². The van der Waals surface area contributed by atoms with Crippen LogP contribution in [0.3, 0.4) is 0 Å². The molecule has 16 heavy (non-hydrogen) atoms. The fraction of sp³-hybridized carbons (Fsp3) is 0.455. The fourth-order valence-corrected chi connectivity index (χ4v) is 1.63. The van der Waals surface area contributed by atoms with Crippen LogP contribution in [0.2, 0.25) is 0 Å². The van der Waals surface area contributed by atoms with Gasteiger partial charge in [-0.15, -0.1) is 0 Å². The third-order valence-corrected chi connectivity index (χ3v) is 2.90. The molecule has 1 heterocycles. The van der Waals surface area contributed by atoms with Gasteiger partial charge >= 0.3 is 0 Å². The van der Waals surface area contributed by atoms with Crippen LogP contribution >= 0.6 is 15.9 Å². The predicted molar refractivity (Wildman–Crippen MR) is 66.4 cm³/mol. The molecule has 0 saturated heterocycles. The highest BCUT2D eigenvalue weighted by Gasteiger charge is 2.23. The molecular weight excluding hydrogens is 270 g/mol. The van der Waals surface area contributed by atoms with Gasteiger partial charge < -0.3 is 10.2 Å². The van der Waals surface area contributed by atoms with E-state index in [1.165, 1.54) is 0 Å². The largest absolute Gasteiger partial charge is 0.352 e. The zero-order valence-electron chi connectivity index (χ0n) is 9.11. The van der Waals surface area contributed by atoms with Gasteiger partial charge in [-0.3, -0.25) is 4.79 Å². The molecule has 1 N–H and O–H groups in total. The minimum Gasteiger partial charge on any atom is -0.352 e. The Morgan fingerprint density at radius 3 is 2.94 bits per heavy atom. The van der Waals surface area contributed by atoms with Crippen LogP contribution in [0.25, 0.3) is 0 Å². The lowest BCUT2D eigenvalue weighted by Gasteiger charge is -2.17.